The number of aliphatic hydroxyl groups is 11. The third kappa shape index (κ3) is 35.2. The monoisotopic (exact) mass is 1290 g/mol. The summed E-state index contributed by atoms with van der Waals surface area (Å²) in [5.41, 5.74) is 0. The maximum absolute atomic E-state index is 13.5. The highest BCUT2D eigenvalue weighted by molar-refractivity contribution is 5.76. The Morgan fingerprint density at radius 1 is 0.356 bits per heavy atom. The zero-order chi connectivity index (χ0) is 65.4. The summed E-state index contributed by atoms with van der Waals surface area (Å²) in [6.07, 6.45) is 31.8. The van der Waals surface area contributed by atoms with Crippen LogP contribution >= 0.6 is 0 Å². The second-order valence-corrected chi connectivity index (χ2v) is 27.1. The molecule has 0 aliphatic carbocycles. The highest BCUT2D eigenvalue weighted by atomic mass is 16.8. The second-order valence-electron chi connectivity index (χ2n) is 27.1. The summed E-state index contributed by atoms with van der Waals surface area (Å²) >= 11 is 0. The lowest BCUT2D eigenvalue weighted by atomic mass is 9.96. The minimum Gasteiger partial charge on any atom is -0.394 e. The Kier molecular flexibility index (Phi) is 49.7. The first-order chi connectivity index (χ1) is 43.8. The zero-order valence-electron chi connectivity index (χ0n) is 56.7. The van der Waals surface area contributed by atoms with Gasteiger partial charge in [0, 0.05) is 6.42 Å². The van der Waals surface area contributed by atoms with Gasteiger partial charge >= 0.3 is 0 Å². The van der Waals surface area contributed by atoms with Crippen LogP contribution in [0.4, 0.5) is 0 Å². The quantitative estimate of drug-likeness (QED) is 0.0252. The second kappa shape index (κ2) is 53.9. The van der Waals surface area contributed by atoms with Crippen molar-refractivity contribution in [3.8, 4) is 0 Å². The Bertz CT molecular complexity index is 1640. The van der Waals surface area contributed by atoms with Gasteiger partial charge in [0.15, 0.2) is 18.9 Å². The lowest BCUT2D eigenvalue weighted by Gasteiger charge is -2.48. The molecule has 0 aromatic carbocycles. The Labute approximate surface area is 544 Å². The summed E-state index contributed by atoms with van der Waals surface area (Å²) in [6, 6.07) is -0.882. The van der Waals surface area contributed by atoms with Crippen molar-refractivity contribution in [2.45, 2.75) is 420 Å². The molecule has 12 N–H and O–H groups in total. The number of carbonyl (C=O) groups is 1. The molecule has 0 radical (unpaired) electrons. The lowest BCUT2D eigenvalue weighted by molar-refractivity contribution is -0.379. The molecule has 3 aliphatic rings. The van der Waals surface area contributed by atoms with Gasteiger partial charge in [-0.3, -0.25) is 4.79 Å². The van der Waals surface area contributed by atoms with Crippen LogP contribution in [0.2, 0.25) is 0 Å². The number of hydrogen-bond acceptors (Lipinski definition) is 18. The average molecular weight is 1290 g/mol. The summed E-state index contributed by atoms with van der Waals surface area (Å²) < 4.78 is 34.5. The Hall–Kier alpha value is -1.21. The molecule has 17 atom stereocenters. The molecular formula is C71H137NO18. The van der Waals surface area contributed by atoms with E-state index >= 15 is 0 Å². The first kappa shape index (κ1) is 83.0. The molecule has 0 aromatic rings. The van der Waals surface area contributed by atoms with Crippen LogP contribution < -0.4 is 5.32 Å². The van der Waals surface area contributed by atoms with Crippen molar-refractivity contribution < 1.29 is 89.4 Å². The number of nitrogens with one attached hydrogen (secondary N) is 1. The smallest absolute Gasteiger partial charge is 0.220 e. The van der Waals surface area contributed by atoms with Crippen molar-refractivity contribution in [3.05, 3.63) is 0 Å². The fraction of sp³-hybridized carbons (Fsp3) is 0.986. The molecule has 90 heavy (non-hydrogen) atoms. The molecule has 0 bridgehead atoms. The van der Waals surface area contributed by atoms with Gasteiger partial charge < -0.3 is 89.9 Å². The molecule has 0 aromatic heterocycles. The van der Waals surface area contributed by atoms with Crippen molar-refractivity contribution in [1.29, 1.82) is 0 Å². The first-order valence-electron chi connectivity index (χ1n) is 37.3. The van der Waals surface area contributed by atoms with Gasteiger partial charge in [0.1, 0.15) is 73.2 Å². The predicted octanol–water partition coefficient (Wildman–Crippen LogP) is 10.7. The van der Waals surface area contributed by atoms with Crippen molar-refractivity contribution >= 4 is 5.91 Å². The van der Waals surface area contributed by atoms with E-state index in [0.29, 0.717) is 12.8 Å². The molecule has 0 spiro atoms. The van der Waals surface area contributed by atoms with Gasteiger partial charge in [0.25, 0.3) is 0 Å². The highest BCUT2D eigenvalue weighted by Crippen LogP contribution is 2.33. The first-order valence-corrected chi connectivity index (χ1v) is 37.3. The Balaban J connectivity index is 1.40. The minimum atomic E-state index is -1.97. The van der Waals surface area contributed by atoms with Crippen molar-refractivity contribution in [2.75, 3.05) is 26.4 Å². The molecule has 3 fully saturated rings. The summed E-state index contributed by atoms with van der Waals surface area (Å²) in [7, 11) is 0. The predicted molar refractivity (Wildman–Crippen MR) is 351 cm³/mol. The number of ether oxygens (including phenoxy) is 6. The van der Waals surface area contributed by atoms with Gasteiger partial charge in [0.2, 0.25) is 5.91 Å². The number of amides is 1. The van der Waals surface area contributed by atoms with Crippen molar-refractivity contribution in [2.24, 2.45) is 0 Å². The molecule has 3 heterocycles. The van der Waals surface area contributed by atoms with Crippen LogP contribution in [0.3, 0.4) is 0 Å². The number of carbonyl (C=O) groups excluding carboxylic acids is 1. The number of hydrogen-bond donors (Lipinski definition) is 12. The molecule has 17 unspecified atom stereocenters. The van der Waals surface area contributed by atoms with Crippen LogP contribution in [0.25, 0.3) is 0 Å². The van der Waals surface area contributed by atoms with Gasteiger partial charge in [-0.2, -0.15) is 0 Å². The normalized spacial score (nSPS) is 27.9. The van der Waals surface area contributed by atoms with Crippen LogP contribution in [0, 0.1) is 0 Å². The number of aliphatic hydroxyl groups excluding tert-OH is 11. The van der Waals surface area contributed by atoms with Gasteiger partial charge in [-0.05, 0) is 12.8 Å². The van der Waals surface area contributed by atoms with Gasteiger partial charge in [-0.25, -0.2) is 0 Å². The Morgan fingerprint density at radius 2 is 0.633 bits per heavy atom. The molecule has 19 nitrogen and oxygen atoms in total. The molecule has 3 saturated heterocycles. The number of unbranched alkanes of at least 4 members (excludes halogenated alkanes) is 43. The summed E-state index contributed by atoms with van der Waals surface area (Å²) in [6.45, 7) is 1.86. The minimum absolute atomic E-state index is 0.234. The highest BCUT2D eigenvalue weighted by Gasteiger charge is 2.53. The van der Waals surface area contributed by atoms with Gasteiger partial charge in [-0.1, -0.05) is 296 Å². The average Bonchev–Trinajstić information content (AvgIpc) is 1.16. The molecule has 3 rings (SSSR count). The van der Waals surface area contributed by atoms with Crippen LogP contribution in [0.5, 0.6) is 0 Å². The Morgan fingerprint density at radius 3 is 0.967 bits per heavy atom. The van der Waals surface area contributed by atoms with E-state index in [9.17, 15) is 61.0 Å². The third-order valence-corrected chi connectivity index (χ3v) is 19.2. The topological polar surface area (TPSA) is 307 Å². The van der Waals surface area contributed by atoms with E-state index in [-0.39, 0.29) is 18.9 Å². The van der Waals surface area contributed by atoms with Gasteiger partial charge in [0.05, 0.1) is 38.6 Å². The molecular weight excluding hydrogens is 1150 g/mol. The maximum atomic E-state index is 13.5. The molecule has 534 valence electrons. The molecule has 19 heteroatoms. The fourth-order valence-electron chi connectivity index (χ4n) is 13.1. The SMILES string of the molecule is CCCCCCCCCCCCCCCCCCCCCCCCCCC(=O)NC(COC1OC(CO)C(OC2OC(CO)C(OC3OC(CO)C(O)C(O)C3O)C(O)C2O)C(O)C1O)C(O)CCCCCCCCCCCCCCCCCCCCCCC. The van der Waals surface area contributed by atoms with Crippen molar-refractivity contribution in [1.82, 2.24) is 5.32 Å². The van der Waals surface area contributed by atoms with E-state index in [1.54, 1.807) is 0 Å². The van der Waals surface area contributed by atoms with E-state index in [0.717, 1.165) is 44.9 Å². The fourth-order valence-corrected chi connectivity index (χ4v) is 13.1. The van der Waals surface area contributed by atoms with Crippen LogP contribution in [-0.2, 0) is 33.2 Å². The summed E-state index contributed by atoms with van der Waals surface area (Å²) in [5, 5.41) is 121. The van der Waals surface area contributed by atoms with Crippen molar-refractivity contribution in [3.63, 3.8) is 0 Å². The van der Waals surface area contributed by atoms with Crippen LogP contribution in [0.1, 0.15) is 316 Å². The standard InChI is InChI=1S/C71H137NO18/c1-3-5-7-9-11-13-15-17-19-21-23-25-26-27-29-31-33-35-37-39-41-43-45-47-49-59(77)72-54(55(76)48-46-44-42-40-38-36-34-32-30-28-24-22-20-18-16-14-12-10-8-6-4-2)53-85-69-65(83)62(80)67(57(51-74)87-69)90-71-66(84)63(81)68(58(52-75)88-71)89-70-64(82)61(79)60(78)56(50-73)86-70/h54-58,60-71,73-76,78-84H,3-53H2,1-2H3,(H,72,77). The summed E-state index contributed by atoms with van der Waals surface area (Å²) in [4.78, 5) is 13.5. The number of rotatable bonds is 59. The third-order valence-electron chi connectivity index (χ3n) is 19.2. The van der Waals surface area contributed by atoms with Crippen LogP contribution in [-0.4, -0.2) is 193 Å². The van der Waals surface area contributed by atoms with E-state index in [1.165, 1.54) is 238 Å². The van der Waals surface area contributed by atoms with Gasteiger partial charge in [-0.15, -0.1) is 0 Å². The molecule has 1 amide bonds. The summed E-state index contributed by atoms with van der Waals surface area (Å²) in [5.74, 6) is -0.234. The molecule has 0 saturated carbocycles. The maximum Gasteiger partial charge on any atom is 0.220 e. The largest absolute Gasteiger partial charge is 0.394 e. The molecule has 3 aliphatic heterocycles. The van der Waals surface area contributed by atoms with E-state index in [1.807, 2.05) is 0 Å². The van der Waals surface area contributed by atoms with E-state index in [2.05, 4.69) is 19.2 Å². The van der Waals surface area contributed by atoms with E-state index < -0.39 is 124 Å². The lowest BCUT2D eigenvalue weighted by Crippen LogP contribution is -2.66. The van der Waals surface area contributed by atoms with E-state index in [4.69, 9.17) is 28.4 Å². The zero-order valence-corrected chi connectivity index (χ0v) is 56.7. The van der Waals surface area contributed by atoms with Crippen LogP contribution in [0.15, 0.2) is 0 Å².